The molecule has 0 aliphatic rings. The van der Waals surface area contributed by atoms with Crippen LogP contribution < -0.4 is 0 Å². The number of thiazole rings is 1. The van der Waals surface area contributed by atoms with Crippen LogP contribution in [0.1, 0.15) is 30.7 Å². The Morgan fingerprint density at radius 1 is 1.37 bits per heavy atom. The number of hydrogen-bond donors (Lipinski definition) is 0. The van der Waals surface area contributed by atoms with E-state index in [0.717, 1.165) is 22.6 Å². The van der Waals surface area contributed by atoms with Crippen LogP contribution in [0, 0.1) is 20.8 Å². The third kappa shape index (κ3) is 3.72. The number of aryl methyl sites for hydroxylation is 3. The molecular weight excluding hydrogens is 278 g/mol. The molecule has 5 heteroatoms. The Hall–Kier alpha value is -1.04. The number of Topliss-reactive ketones (excluding diaryl/α,β-unsaturated/α-hetero) is 1. The number of rotatable bonds is 6. The molecule has 0 atom stereocenters. The van der Waals surface area contributed by atoms with Crippen LogP contribution in [-0.2, 0) is 11.2 Å². The summed E-state index contributed by atoms with van der Waals surface area (Å²) in [5, 5.41) is 0. The number of ether oxygens (including phenoxy) is 1. The number of carbonyl (C=O) groups excluding carboxylic acids is 1. The second-order valence-corrected chi connectivity index (χ2v) is 6.81. The lowest BCUT2D eigenvalue weighted by molar-refractivity contribution is 0.0766. The summed E-state index contributed by atoms with van der Waals surface area (Å²) in [4.78, 5) is 19.6. The molecule has 0 aromatic carbocycles. The number of ketones is 1. The minimum Gasteiger partial charge on any atom is -0.373 e. The van der Waals surface area contributed by atoms with Crippen molar-refractivity contribution in [2.45, 2.75) is 27.2 Å². The fourth-order valence-electron chi connectivity index (χ4n) is 1.88. The third-order valence-electron chi connectivity index (χ3n) is 2.89. The molecule has 0 bridgehead atoms. The normalized spacial score (nSPS) is 10.9. The zero-order valence-corrected chi connectivity index (χ0v) is 13.0. The Morgan fingerprint density at radius 3 is 2.74 bits per heavy atom. The minimum atomic E-state index is 0.0721. The van der Waals surface area contributed by atoms with Crippen molar-refractivity contribution in [2.24, 2.45) is 0 Å². The summed E-state index contributed by atoms with van der Waals surface area (Å²) in [6.45, 7) is 6.72. The molecule has 19 heavy (non-hydrogen) atoms. The van der Waals surface area contributed by atoms with Gasteiger partial charge in [-0.1, -0.05) is 0 Å². The van der Waals surface area contributed by atoms with Gasteiger partial charge < -0.3 is 4.74 Å². The Balaban J connectivity index is 1.78. The number of nitrogens with zero attached hydrogens (tertiary/aromatic N) is 1. The summed E-state index contributed by atoms with van der Waals surface area (Å²) in [6, 6.07) is 1.94. The summed E-state index contributed by atoms with van der Waals surface area (Å²) < 4.78 is 5.48. The standard InChI is InChI=1S/C14H17NO2S2/c1-9-6-12(11(3)19-9)13(16)7-17-5-4-14-10(2)15-8-18-14/h6,8H,4-5,7H2,1-3H3. The molecule has 0 unspecified atom stereocenters. The topological polar surface area (TPSA) is 39.2 Å². The quantitative estimate of drug-likeness (QED) is 0.604. The average molecular weight is 295 g/mol. The molecule has 2 heterocycles. The van der Waals surface area contributed by atoms with E-state index >= 15 is 0 Å². The Bertz CT molecular complexity index is 572. The monoisotopic (exact) mass is 295 g/mol. The lowest BCUT2D eigenvalue weighted by Gasteiger charge is -2.03. The molecule has 2 rings (SSSR count). The van der Waals surface area contributed by atoms with Crippen LogP contribution in [0.3, 0.4) is 0 Å². The molecular formula is C14H17NO2S2. The van der Waals surface area contributed by atoms with Gasteiger partial charge in [-0.2, -0.15) is 0 Å². The molecule has 102 valence electrons. The predicted octanol–water partition coefficient (Wildman–Crippen LogP) is 3.57. The van der Waals surface area contributed by atoms with Crippen molar-refractivity contribution in [2.75, 3.05) is 13.2 Å². The second-order valence-electron chi connectivity index (χ2n) is 4.41. The fraction of sp³-hybridized carbons (Fsp3) is 0.429. The van der Waals surface area contributed by atoms with Crippen LogP contribution in [0.15, 0.2) is 11.6 Å². The first kappa shape index (κ1) is 14.4. The minimum absolute atomic E-state index is 0.0721. The highest BCUT2D eigenvalue weighted by molar-refractivity contribution is 7.12. The van der Waals surface area contributed by atoms with Crippen molar-refractivity contribution in [1.29, 1.82) is 0 Å². The van der Waals surface area contributed by atoms with Crippen molar-refractivity contribution in [3.63, 3.8) is 0 Å². The van der Waals surface area contributed by atoms with Crippen LogP contribution in [0.2, 0.25) is 0 Å². The third-order valence-corrected chi connectivity index (χ3v) is 4.85. The van der Waals surface area contributed by atoms with Crippen LogP contribution in [0.25, 0.3) is 0 Å². The van der Waals surface area contributed by atoms with Gasteiger partial charge in [0.05, 0.1) is 17.8 Å². The number of thiophene rings is 1. The van der Waals surface area contributed by atoms with E-state index in [0.29, 0.717) is 6.61 Å². The summed E-state index contributed by atoms with van der Waals surface area (Å²) in [5.41, 5.74) is 3.70. The van der Waals surface area contributed by atoms with E-state index in [1.165, 1.54) is 9.75 Å². The molecule has 0 fully saturated rings. The molecule has 0 aliphatic carbocycles. The smallest absolute Gasteiger partial charge is 0.189 e. The van der Waals surface area contributed by atoms with Crippen LogP contribution in [-0.4, -0.2) is 24.0 Å². The van der Waals surface area contributed by atoms with Crippen molar-refractivity contribution >= 4 is 28.5 Å². The molecule has 0 aliphatic heterocycles. The van der Waals surface area contributed by atoms with E-state index in [4.69, 9.17) is 4.74 Å². The molecule has 0 radical (unpaired) electrons. The van der Waals surface area contributed by atoms with E-state index in [1.54, 1.807) is 22.7 Å². The van der Waals surface area contributed by atoms with Crippen molar-refractivity contribution in [3.8, 4) is 0 Å². The van der Waals surface area contributed by atoms with E-state index in [2.05, 4.69) is 4.98 Å². The lowest BCUT2D eigenvalue weighted by Crippen LogP contribution is -2.11. The van der Waals surface area contributed by atoms with Crippen molar-refractivity contribution < 1.29 is 9.53 Å². The first-order valence-corrected chi connectivity index (χ1v) is 7.84. The molecule has 2 aromatic heterocycles. The summed E-state index contributed by atoms with van der Waals surface area (Å²) >= 11 is 3.29. The zero-order chi connectivity index (χ0) is 13.8. The second kappa shape index (κ2) is 6.41. The summed E-state index contributed by atoms with van der Waals surface area (Å²) in [6.07, 6.45) is 0.825. The molecule has 2 aromatic rings. The Kier molecular flexibility index (Phi) is 4.85. The number of hydrogen-bond acceptors (Lipinski definition) is 5. The Morgan fingerprint density at radius 2 is 2.16 bits per heavy atom. The average Bonchev–Trinajstić information content (AvgIpc) is 2.91. The van der Waals surface area contributed by atoms with E-state index in [1.807, 2.05) is 32.3 Å². The largest absolute Gasteiger partial charge is 0.373 e. The SMILES string of the molecule is Cc1cc(C(=O)COCCc2scnc2C)c(C)s1. The van der Waals surface area contributed by atoms with Crippen LogP contribution >= 0.6 is 22.7 Å². The van der Waals surface area contributed by atoms with E-state index in [-0.39, 0.29) is 12.4 Å². The highest BCUT2D eigenvalue weighted by Crippen LogP contribution is 2.21. The highest BCUT2D eigenvalue weighted by Gasteiger charge is 2.12. The summed E-state index contributed by atoms with van der Waals surface area (Å²) in [7, 11) is 0. The van der Waals surface area contributed by atoms with Gasteiger partial charge in [0.15, 0.2) is 5.78 Å². The lowest BCUT2D eigenvalue weighted by atomic mass is 10.2. The maximum Gasteiger partial charge on any atom is 0.189 e. The van der Waals surface area contributed by atoms with Gasteiger partial charge in [-0.3, -0.25) is 4.79 Å². The molecule has 0 N–H and O–H groups in total. The van der Waals surface area contributed by atoms with Gasteiger partial charge in [0.1, 0.15) is 6.61 Å². The first-order valence-electron chi connectivity index (χ1n) is 6.15. The van der Waals surface area contributed by atoms with Gasteiger partial charge in [0, 0.05) is 26.6 Å². The van der Waals surface area contributed by atoms with Gasteiger partial charge in [0.25, 0.3) is 0 Å². The van der Waals surface area contributed by atoms with E-state index in [9.17, 15) is 4.79 Å². The predicted molar refractivity (Wildman–Crippen MR) is 79.5 cm³/mol. The molecule has 3 nitrogen and oxygen atoms in total. The highest BCUT2D eigenvalue weighted by atomic mass is 32.1. The summed E-state index contributed by atoms with van der Waals surface area (Å²) in [5.74, 6) is 0.0721. The van der Waals surface area contributed by atoms with Gasteiger partial charge in [-0.25, -0.2) is 4.98 Å². The van der Waals surface area contributed by atoms with Crippen LogP contribution in [0.5, 0.6) is 0 Å². The van der Waals surface area contributed by atoms with Crippen molar-refractivity contribution in [3.05, 3.63) is 37.5 Å². The number of carbonyl (C=O) groups is 1. The van der Waals surface area contributed by atoms with Gasteiger partial charge in [-0.05, 0) is 26.8 Å². The Labute approximate surface area is 121 Å². The maximum atomic E-state index is 12.0. The molecule has 0 saturated heterocycles. The van der Waals surface area contributed by atoms with E-state index < -0.39 is 0 Å². The molecule has 0 amide bonds. The van der Waals surface area contributed by atoms with Crippen molar-refractivity contribution in [1.82, 2.24) is 4.98 Å². The van der Waals surface area contributed by atoms with Gasteiger partial charge in [0.2, 0.25) is 0 Å². The van der Waals surface area contributed by atoms with Crippen LogP contribution in [0.4, 0.5) is 0 Å². The molecule has 0 spiro atoms. The van der Waals surface area contributed by atoms with Gasteiger partial charge >= 0.3 is 0 Å². The molecule has 0 saturated carbocycles. The number of aromatic nitrogens is 1. The maximum absolute atomic E-state index is 12.0. The fourth-order valence-corrected chi connectivity index (χ4v) is 3.59. The van der Waals surface area contributed by atoms with Gasteiger partial charge in [-0.15, -0.1) is 22.7 Å². The first-order chi connectivity index (χ1) is 9.08. The zero-order valence-electron chi connectivity index (χ0n) is 11.4.